The van der Waals surface area contributed by atoms with Gasteiger partial charge >= 0.3 is 12.1 Å². The van der Waals surface area contributed by atoms with Crippen LogP contribution in [0.2, 0.25) is 0 Å². The van der Waals surface area contributed by atoms with E-state index in [-0.39, 0.29) is 12.8 Å². The van der Waals surface area contributed by atoms with E-state index in [1.165, 1.54) is 0 Å². The second-order valence-corrected chi connectivity index (χ2v) is 6.88. The summed E-state index contributed by atoms with van der Waals surface area (Å²) in [4.78, 5) is 34.0. The summed E-state index contributed by atoms with van der Waals surface area (Å²) in [5.41, 5.74) is -1.20. The number of hydrogen-bond acceptors (Lipinski definition) is 5. The highest BCUT2D eigenvalue weighted by Crippen LogP contribution is 2.12. The van der Waals surface area contributed by atoms with E-state index in [1.54, 1.807) is 41.5 Å². The summed E-state index contributed by atoms with van der Waals surface area (Å²) in [6, 6.07) is -0.486. The minimum absolute atomic E-state index is 0.00432. The number of esters is 1. The first-order valence-electron chi connectivity index (χ1n) is 7.08. The molecule has 0 fully saturated rings. The average Bonchev–Trinajstić information content (AvgIpc) is 2.20. The van der Waals surface area contributed by atoms with Gasteiger partial charge in [-0.1, -0.05) is 0 Å². The van der Waals surface area contributed by atoms with E-state index in [1.807, 2.05) is 0 Å². The third-order valence-electron chi connectivity index (χ3n) is 2.19. The Bertz CT molecular complexity index is 335. The van der Waals surface area contributed by atoms with Gasteiger partial charge < -0.3 is 19.6 Å². The highest BCUT2D eigenvalue weighted by atomic mass is 16.6. The molecular weight excluding hydrogens is 274 g/mol. The van der Waals surface area contributed by atoms with Crippen LogP contribution >= 0.6 is 0 Å². The van der Waals surface area contributed by atoms with Crippen molar-refractivity contribution < 1.29 is 23.9 Å². The molecule has 0 aromatic rings. The average molecular weight is 301 g/mol. The third-order valence-corrected chi connectivity index (χ3v) is 2.19. The van der Waals surface area contributed by atoms with Gasteiger partial charge in [0.25, 0.3) is 0 Å². The molecule has 1 atom stereocenters. The number of carbonyl (C=O) groups excluding carboxylic acids is 3. The van der Waals surface area contributed by atoms with E-state index >= 15 is 0 Å². The number of alkyl carbamates (subject to hydrolysis) is 1. The van der Waals surface area contributed by atoms with E-state index in [4.69, 9.17) is 9.47 Å². The number of amides is 1. The zero-order chi connectivity index (χ0) is 16.7. The molecule has 0 saturated heterocycles. The molecule has 0 bridgehead atoms. The summed E-state index contributed by atoms with van der Waals surface area (Å²) in [6.07, 6.45) is 0.760. The molecule has 0 aliphatic carbocycles. The lowest BCUT2D eigenvalue weighted by Gasteiger charge is -2.24. The maximum Gasteiger partial charge on any atom is 0.407 e. The largest absolute Gasteiger partial charge is 0.460 e. The quantitative estimate of drug-likeness (QED) is 0.602. The topological polar surface area (TPSA) is 81.7 Å². The van der Waals surface area contributed by atoms with Gasteiger partial charge in [0.1, 0.15) is 17.5 Å². The molecule has 1 amide bonds. The molecule has 1 N–H and O–H groups in total. The summed E-state index contributed by atoms with van der Waals surface area (Å²) in [6.45, 7) is 10.6. The molecule has 0 radical (unpaired) electrons. The van der Waals surface area contributed by atoms with E-state index in [2.05, 4.69) is 5.32 Å². The van der Waals surface area contributed by atoms with E-state index in [0.717, 1.165) is 6.29 Å². The van der Waals surface area contributed by atoms with Gasteiger partial charge in [-0.15, -0.1) is 0 Å². The number of rotatable bonds is 6. The first kappa shape index (κ1) is 19.4. The van der Waals surface area contributed by atoms with Crippen molar-refractivity contribution in [2.75, 3.05) is 0 Å². The Hall–Kier alpha value is -1.59. The second kappa shape index (κ2) is 8.00. The van der Waals surface area contributed by atoms with Crippen molar-refractivity contribution in [3.8, 4) is 0 Å². The van der Waals surface area contributed by atoms with Gasteiger partial charge in [-0.25, -0.2) is 4.79 Å². The first-order chi connectivity index (χ1) is 9.43. The van der Waals surface area contributed by atoms with Gasteiger partial charge in [-0.3, -0.25) is 4.79 Å². The highest BCUT2D eigenvalue weighted by Gasteiger charge is 2.23. The van der Waals surface area contributed by atoms with Crippen LogP contribution in [0.25, 0.3) is 0 Å². The van der Waals surface area contributed by atoms with Crippen molar-refractivity contribution in [3.63, 3.8) is 0 Å². The predicted octanol–water partition coefficient (Wildman–Crippen LogP) is 2.59. The van der Waals surface area contributed by atoms with Crippen molar-refractivity contribution in [2.24, 2.45) is 0 Å². The fraction of sp³-hybridized carbons (Fsp3) is 0.800. The SMILES string of the molecule is CC(C)(C)OC(=O)C[C@@H](CCC=O)NC(=O)OC(C)(C)C. The standard InChI is InChI=1S/C15H27NO5/c1-14(2,3)20-12(18)10-11(8-7-9-17)16-13(19)21-15(4,5)6/h9,11H,7-8,10H2,1-6H3,(H,16,19)/t11-/m1/s1. The molecule has 0 aliphatic heterocycles. The summed E-state index contributed by atoms with van der Waals surface area (Å²) < 4.78 is 10.4. The highest BCUT2D eigenvalue weighted by molar-refractivity contribution is 5.73. The van der Waals surface area contributed by atoms with E-state index in [9.17, 15) is 14.4 Å². The molecule has 6 heteroatoms. The monoisotopic (exact) mass is 301 g/mol. The lowest BCUT2D eigenvalue weighted by molar-refractivity contribution is -0.155. The van der Waals surface area contributed by atoms with E-state index < -0.39 is 29.3 Å². The van der Waals surface area contributed by atoms with Crippen molar-refractivity contribution >= 4 is 18.3 Å². The normalized spacial score (nSPS) is 13.2. The lowest BCUT2D eigenvalue weighted by Crippen LogP contribution is -2.41. The summed E-state index contributed by atoms with van der Waals surface area (Å²) in [5, 5.41) is 2.60. The Balaban J connectivity index is 4.54. The number of hydrogen-bond donors (Lipinski definition) is 1. The van der Waals surface area contributed by atoms with Crippen molar-refractivity contribution in [1.29, 1.82) is 0 Å². The van der Waals surface area contributed by atoms with Gasteiger partial charge in [0.05, 0.1) is 6.42 Å². The van der Waals surface area contributed by atoms with Gasteiger partial charge in [0.15, 0.2) is 0 Å². The first-order valence-corrected chi connectivity index (χ1v) is 7.08. The van der Waals surface area contributed by atoms with Crippen molar-refractivity contribution in [2.45, 2.75) is 78.0 Å². The minimum Gasteiger partial charge on any atom is -0.460 e. The van der Waals surface area contributed by atoms with Crippen LogP contribution < -0.4 is 5.32 Å². The summed E-state index contributed by atoms with van der Waals surface area (Å²) in [5.74, 6) is -0.422. The smallest absolute Gasteiger partial charge is 0.407 e. The van der Waals surface area contributed by atoms with Gasteiger partial charge in [-0.2, -0.15) is 0 Å². The summed E-state index contributed by atoms with van der Waals surface area (Å²) in [7, 11) is 0. The van der Waals surface area contributed by atoms with Crippen LogP contribution in [0.1, 0.15) is 60.8 Å². The van der Waals surface area contributed by atoms with Gasteiger partial charge in [0.2, 0.25) is 0 Å². The van der Waals surface area contributed by atoms with Crippen LogP contribution in [-0.4, -0.2) is 35.6 Å². The van der Waals surface area contributed by atoms with Crippen LogP contribution in [0.5, 0.6) is 0 Å². The molecule has 0 unspecified atom stereocenters. The maximum atomic E-state index is 11.8. The molecule has 0 aromatic carbocycles. The molecular formula is C15H27NO5. The van der Waals surface area contributed by atoms with Crippen LogP contribution in [0.4, 0.5) is 4.79 Å². The fourth-order valence-corrected chi connectivity index (χ4v) is 1.55. The Morgan fingerprint density at radius 2 is 1.57 bits per heavy atom. The van der Waals surface area contributed by atoms with Crippen LogP contribution in [0.3, 0.4) is 0 Å². The Labute approximate surface area is 126 Å². The van der Waals surface area contributed by atoms with Crippen LogP contribution in [-0.2, 0) is 19.1 Å². The predicted molar refractivity (Wildman–Crippen MR) is 78.9 cm³/mol. The molecule has 122 valence electrons. The molecule has 6 nitrogen and oxygen atoms in total. The second-order valence-electron chi connectivity index (χ2n) is 6.88. The van der Waals surface area contributed by atoms with Crippen LogP contribution in [0, 0.1) is 0 Å². The maximum absolute atomic E-state index is 11.8. The fourth-order valence-electron chi connectivity index (χ4n) is 1.55. The van der Waals surface area contributed by atoms with Crippen LogP contribution in [0.15, 0.2) is 0 Å². The lowest BCUT2D eigenvalue weighted by atomic mass is 10.1. The molecule has 0 spiro atoms. The molecule has 0 aromatic heterocycles. The van der Waals surface area contributed by atoms with E-state index in [0.29, 0.717) is 6.42 Å². The number of aldehydes is 1. The summed E-state index contributed by atoms with van der Waals surface area (Å²) >= 11 is 0. The Morgan fingerprint density at radius 3 is 2.00 bits per heavy atom. The molecule has 21 heavy (non-hydrogen) atoms. The number of ether oxygens (including phenoxy) is 2. The van der Waals surface area contributed by atoms with Gasteiger partial charge in [-0.05, 0) is 48.0 Å². The third kappa shape index (κ3) is 11.9. The van der Waals surface area contributed by atoms with Gasteiger partial charge in [0, 0.05) is 12.5 Å². The zero-order valence-corrected chi connectivity index (χ0v) is 13.8. The van der Waals surface area contributed by atoms with Crippen molar-refractivity contribution in [1.82, 2.24) is 5.32 Å². The number of nitrogens with one attached hydrogen (secondary N) is 1. The Morgan fingerprint density at radius 1 is 1.05 bits per heavy atom. The number of carbonyl (C=O) groups is 3. The molecule has 0 rings (SSSR count). The Kier molecular flexibility index (Phi) is 7.39. The molecule has 0 aliphatic rings. The molecule has 0 saturated carbocycles. The zero-order valence-electron chi connectivity index (χ0n) is 13.8. The minimum atomic E-state index is -0.620. The van der Waals surface area contributed by atoms with Crippen molar-refractivity contribution in [3.05, 3.63) is 0 Å². The molecule has 0 heterocycles.